The van der Waals surface area contributed by atoms with Gasteiger partial charge in [0.15, 0.2) is 5.82 Å². The zero-order valence-corrected chi connectivity index (χ0v) is 23.4. The molecule has 2 aromatic heterocycles. The van der Waals surface area contributed by atoms with Crippen LogP contribution in [0.3, 0.4) is 0 Å². The Morgan fingerprint density at radius 2 is 1.93 bits per heavy atom. The van der Waals surface area contributed by atoms with Crippen LogP contribution in [-0.2, 0) is 10.0 Å². The van der Waals surface area contributed by atoms with E-state index in [1.807, 2.05) is 30.5 Å². The van der Waals surface area contributed by atoms with Crippen LogP contribution in [0.25, 0.3) is 11.4 Å². The molecule has 0 radical (unpaired) electrons. The number of hydrogen-bond acceptors (Lipinski definition) is 9. The maximum absolute atomic E-state index is 12.6. The topological polar surface area (TPSA) is 141 Å². The van der Waals surface area contributed by atoms with Gasteiger partial charge in [0.25, 0.3) is 10.0 Å². The molecule has 0 unspecified atom stereocenters. The molecule has 0 spiro atoms. The first-order valence-electron chi connectivity index (χ1n) is 14.0. The van der Waals surface area contributed by atoms with Gasteiger partial charge in [0, 0.05) is 54.1 Å². The maximum atomic E-state index is 12.6. The Morgan fingerprint density at radius 3 is 2.66 bits per heavy atom. The van der Waals surface area contributed by atoms with Crippen LogP contribution in [0.5, 0.6) is 0 Å². The van der Waals surface area contributed by atoms with Crippen molar-refractivity contribution < 1.29 is 12.8 Å². The summed E-state index contributed by atoms with van der Waals surface area (Å²) in [6, 6.07) is 2.35. The average Bonchev–Trinajstić information content (AvgIpc) is 3.74. The Bertz CT molecular complexity index is 1530. The van der Waals surface area contributed by atoms with E-state index in [1.54, 1.807) is 17.2 Å². The predicted molar refractivity (Wildman–Crippen MR) is 155 cm³/mol. The van der Waals surface area contributed by atoms with Crippen LogP contribution in [0.15, 0.2) is 72.1 Å². The Labute approximate surface area is 238 Å². The van der Waals surface area contributed by atoms with Gasteiger partial charge in [-0.2, -0.15) is 9.19 Å². The summed E-state index contributed by atoms with van der Waals surface area (Å²) in [5.41, 5.74) is 3.33. The third-order valence-electron chi connectivity index (χ3n) is 7.80. The van der Waals surface area contributed by atoms with Gasteiger partial charge in [0.1, 0.15) is 18.3 Å². The second kappa shape index (κ2) is 11.6. The van der Waals surface area contributed by atoms with Gasteiger partial charge in [-0.15, -0.1) is 0 Å². The third kappa shape index (κ3) is 5.96. The van der Waals surface area contributed by atoms with E-state index in [9.17, 15) is 12.8 Å². The van der Waals surface area contributed by atoms with Gasteiger partial charge in [-0.3, -0.25) is 5.41 Å². The number of nitrogens with zero attached hydrogens (tertiary/aromatic N) is 5. The minimum absolute atomic E-state index is 0.261. The highest BCUT2D eigenvalue weighted by atomic mass is 32.2. The van der Waals surface area contributed by atoms with Gasteiger partial charge >= 0.3 is 0 Å². The first-order chi connectivity index (χ1) is 19.9. The molecule has 4 heterocycles. The van der Waals surface area contributed by atoms with Crippen LogP contribution in [0, 0.1) is 5.41 Å². The lowest BCUT2D eigenvalue weighted by atomic mass is 9.90. The number of allylic oxidation sites excluding steroid dienone is 3. The first-order valence-corrected chi connectivity index (χ1v) is 15.5. The van der Waals surface area contributed by atoms with E-state index in [-0.39, 0.29) is 23.8 Å². The van der Waals surface area contributed by atoms with Crippen molar-refractivity contribution in [1.82, 2.24) is 35.1 Å². The summed E-state index contributed by atoms with van der Waals surface area (Å²) in [5.74, 6) is 1.15. The number of alkyl halides is 1. The number of aromatic nitrogens is 4. The standard InChI is InChI=1S/C28H34FN9O2S/c29-11-14-31-20-4-6-21(7-5-20)35-25-15-26(30)37(18-23(25)24-3-1-2-12-32-24)27-10-13-33-28(36-27)19-16-34-38(17-19)41(39,40)22-8-9-22/h1-3,10,12-13,15-17,20-22,30-32,35H,4-9,11,14,18H2. The Kier molecular flexibility index (Phi) is 7.71. The Hall–Kier alpha value is -3.84. The molecule has 41 heavy (non-hydrogen) atoms. The van der Waals surface area contributed by atoms with Gasteiger partial charge in [0.05, 0.1) is 29.8 Å². The van der Waals surface area contributed by atoms with E-state index in [0.717, 1.165) is 46.7 Å². The van der Waals surface area contributed by atoms with Crippen LogP contribution in [0.4, 0.5) is 10.2 Å². The van der Waals surface area contributed by atoms with Gasteiger partial charge in [-0.25, -0.2) is 22.8 Å². The molecule has 11 nitrogen and oxygen atoms in total. The number of nitrogens with one attached hydrogen (secondary N) is 4. The molecule has 2 saturated carbocycles. The molecule has 4 aliphatic rings. The van der Waals surface area contributed by atoms with Crippen LogP contribution < -0.4 is 20.9 Å². The highest BCUT2D eigenvalue weighted by molar-refractivity contribution is 7.90. The fourth-order valence-electron chi connectivity index (χ4n) is 5.41. The fraction of sp³-hybridized carbons (Fsp3) is 0.429. The van der Waals surface area contributed by atoms with E-state index >= 15 is 0 Å². The molecular weight excluding hydrogens is 545 g/mol. The lowest BCUT2D eigenvalue weighted by molar-refractivity contribution is 0.311. The van der Waals surface area contributed by atoms with Gasteiger partial charge < -0.3 is 20.9 Å². The van der Waals surface area contributed by atoms with Crippen LogP contribution in [0.1, 0.15) is 38.5 Å². The number of hydrogen-bond donors (Lipinski definition) is 4. The van der Waals surface area contributed by atoms with Crippen LogP contribution in [-0.4, -0.2) is 70.5 Å². The molecule has 0 atom stereocenters. The molecule has 2 aliphatic heterocycles. The second-order valence-electron chi connectivity index (χ2n) is 10.7. The van der Waals surface area contributed by atoms with E-state index in [1.165, 1.54) is 12.4 Å². The molecule has 4 N–H and O–H groups in total. The minimum atomic E-state index is -3.49. The molecule has 216 valence electrons. The summed E-state index contributed by atoms with van der Waals surface area (Å²) in [7, 11) is -3.49. The van der Waals surface area contributed by atoms with E-state index in [2.05, 4.69) is 26.0 Å². The second-order valence-corrected chi connectivity index (χ2v) is 12.8. The predicted octanol–water partition coefficient (Wildman–Crippen LogP) is 2.75. The molecule has 0 aromatic carbocycles. The van der Waals surface area contributed by atoms with Gasteiger partial charge in [-0.05, 0) is 56.7 Å². The van der Waals surface area contributed by atoms with Crippen LogP contribution >= 0.6 is 0 Å². The zero-order valence-electron chi connectivity index (χ0n) is 22.6. The fourth-order valence-corrected chi connectivity index (χ4v) is 6.89. The normalized spacial score (nSPS) is 24.8. The zero-order chi connectivity index (χ0) is 28.4. The monoisotopic (exact) mass is 579 g/mol. The minimum Gasteiger partial charge on any atom is -0.382 e. The summed E-state index contributed by atoms with van der Waals surface area (Å²) in [6.07, 6.45) is 19.3. The summed E-state index contributed by atoms with van der Waals surface area (Å²) in [6.45, 7) is 0.446. The van der Waals surface area contributed by atoms with Crippen molar-refractivity contribution in [2.75, 3.05) is 24.7 Å². The summed E-state index contributed by atoms with van der Waals surface area (Å²) < 4.78 is 38.8. The lowest BCUT2D eigenvalue weighted by Crippen LogP contribution is -2.44. The molecule has 2 aliphatic carbocycles. The lowest BCUT2D eigenvalue weighted by Gasteiger charge is -2.35. The third-order valence-corrected chi connectivity index (χ3v) is 9.84. The van der Waals surface area contributed by atoms with Crippen molar-refractivity contribution in [3.8, 4) is 11.4 Å². The molecule has 0 saturated heterocycles. The average molecular weight is 580 g/mol. The number of dihydropyridines is 1. The SMILES string of the molecule is N=C1C=C(NC2CCC(NCCF)CC2)C(=C2C=CC=CN2)CN1c1ccnc(-c2cnn(S(=O)(=O)C3CC3)c2)n1. The molecule has 2 aromatic rings. The van der Waals surface area contributed by atoms with Crippen molar-refractivity contribution in [3.05, 3.63) is 72.1 Å². The summed E-state index contributed by atoms with van der Waals surface area (Å²) in [5, 5.41) is 22.9. The van der Waals surface area contributed by atoms with Crippen LogP contribution in [0.2, 0.25) is 0 Å². The number of anilines is 1. The van der Waals surface area contributed by atoms with Gasteiger partial charge in [-0.1, -0.05) is 6.08 Å². The summed E-state index contributed by atoms with van der Waals surface area (Å²) in [4.78, 5) is 10.9. The number of rotatable bonds is 9. The Balaban J connectivity index is 1.23. The highest BCUT2D eigenvalue weighted by Crippen LogP contribution is 2.31. The quantitative estimate of drug-likeness (QED) is 0.353. The van der Waals surface area contributed by atoms with Crippen molar-refractivity contribution in [3.63, 3.8) is 0 Å². The smallest absolute Gasteiger partial charge is 0.256 e. The van der Waals surface area contributed by atoms with Crippen molar-refractivity contribution in [1.29, 1.82) is 5.41 Å². The molecule has 0 bridgehead atoms. The number of amidine groups is 1. The first kappa shape index (κ1) is 27.3. The maximum Gasteiger partial charge on any atom is 0.256 e. The molecule has 2 fully saturated rings. The molecule has 6 rings (SSSR count). The van der Waals surface area contributed by atoms with E-state index in [0.29, 0.717) is 49.2 Å². The van der Waals surface area contributed by atoms with Crippen molar-refractivity contribution in [2.45, 2.75) is 55.9 Å². The summed E-state index contributed by atoms with van der Waals surface area (Å²) >= 11 is 0. The molecular formula is C28H34FN9O2S. The Morgan fingerprint density at radius 1 is 1.12 bits per heavy atom. The van der Waals surface area contributed by atoms with E-state index < -0.39 is 10.0 Å². The van der Waals surface area contributed by atoms with Gasteiger partial charge in [0.2, 0.25) is 0 Å². The largest absolute Gasteiger partial charge is 0.382 e. The molecule has 0 amide bonds. The number of halogens is 1. The van der Waals surface area contributed by atoms with Crippen molar-refractivity contribution in [2.24, 2.45) is 0 Å². The van der Waals surface area contributed by atoms with Crippen molar-refractivity contribution >= 4 is 21.7 Å². The van der Waals surface area contributed by atoms with E-state index in [4.69, 9.17) is 10.4 Å². The highest BCUT2D eigenvalue weighted by Gasteiger charge is 2.38. The molecule has 13 heteroatoms.